The largest absolute Gasteiger partial charge is 0.478 e. The Kier molecular flexibility index (Phi) is 4.81. The highest BCUT2D eigenvalue weighted by Gasteiger charge is 2.17. The van der Waals surface area contributed by atoms with Crippen LogP contribution in [0.25, 0.3) is 16.9 Å². The minimum atomic E-state index is -1.02. The summed E-state index contributed by atoms with van der Waals surface area (Å²) in [6, 6.07) is 18.6. The highest BCUT2D eigenvalue weighted by atomic mass is 16.4. The number of azo groups is 1. The van der Waals surface area contributed by atoms with Crippen molar-refractivity contribution >= 4 is 17.3 Å². The van der Waals surface area contributed by atoms with Gasteiger partial charge in [-0.1, -0.05) is 18.2 Å². The Morgan fingerprint density at radius 1 is 0.931 bits per heavy atom. The Balaban J connectivity index is 1.80. The molecule has 0 spiro atoms. The summed E-state index contributed by atoms with van der Waals surface area (Å²) in [6.45, 7) is 0. The molecule has 0 fully saturated rings. The number of aromatic amines is 1. The SMILES string of the molecule is O=C(O)c1ccc(N=Nc2c(-c3ccncc3)[nH]n(-c3ccccc3)c2=O)cc1. The zero-order valence-corrected chi connectivity index (χ0v) is 15.1. The van der Waals surface area contributed by atoms with E-state index in [1.54, 1.807) is 36.7 Å². The van der Waals surface area contributed by atoms with E-state index in [1.165, 1.54) is 28.9 Å². The quantitative estimate of drug-likeness (QED) is 0.498. The molecule has 2 aromatic carbocycles. The second-order valence-corrected chi connectivity index (χ2v) is 6.10. The number of nitrogens with zero attached hydrogens (tertiary/aromatic N) is 4. The van der Waals surface area contributed by atoms with Crippen molar-refractivity contribution in [3.63, 3.8) is 0 Å². The first kappa shape index (κ1) is 18.1. The van der Waals surface area contributed by atoms with Gasteiger partial charge in [-0.2, -0.15) is 5.11 Å². The molecule has 0 saturated carbocycles. The third-order valence-corrected chi connectivity index (χ3v) is 4.23. The highest BCUT2D eigenvalue weighted by Crippen LogP contribution is 2.27. The number of carboxylic acid groups (broad SMARTS) is 1. The van der Waals surface area contributed by atoms with Gasteiger partial charge in [0.15, 0.2) is 5.69 Å². The lowest BCUT2D eigenvalue weighted by Gasteiger charge is -2.01. The fourth-order valence-corrected chi connectivity index (χ4v) is 2.78. The summed E-state index contributed by atoms with van der Waals surface area (Å²) in [4.78, 5) is 28.0. The first-order valence-corrected chi connectivity index (χ1v) is 8.69. The molecule has 0 aliphatic carbocycles. The van der Waals surface area contributed by atoms with E-state index < -0.39 is 5.97 Å². The van der Waals surface area contributed by atoms with Gasteiger partial charge in [-0.15, -0.1) is 5.11 Å². The van der Waals surface area contributed by atoms with Crippen molar-refractivity contribution < 1.29 is 9.90 Å². The van der Waals surface area contributed by atoms with Crippen LogP contribution >= 0.6 is 0 Å². The minimum absolute atomic E-state index is 0.141. The van der Waals surface area contributed by atoms with E-state index in [9.17, 15) is 9.59 Å². The summed E-state index contributed by atoms with van der Waals surface area (Å²) in [7, 11) is 0. The van der Waals surface area contributed by atoms with Gasteiger partial charge in [-0.05, 0) is 48.5 Å². The Morgan fingerprint density at radius 3 is 2.28 bits per heavy atom. The third kappa shape index (κ3) is 3.72. The first-order chi connectivity index (χ1) is 14.1. The molecular weight excluding hydrogens is 370 g/mol. The molecule has 8 heteroatoms. The van der Waals surface area contributed by atoms with E-state index in [1.807, 2.05) is 18.2 Å². The molecule has 4 aromatic rings. The van der Waals surface area contributed by atoms with Crippen LogP contribution in [0.2, 0.25) is 0 Å². The number of nitrogens with one attached hydrogen (secondary N) is 1. The first-order valence-electron chi connectivity index (χ1n) is 8.69. The van der Waals surface area contributed by atoms with Crippen LogP contribution in [0, 0.1) is 0 Å². The van der Waals surface area contributed by atoms with E-state index >= 15 is 0 Å². The topological polar surface area (TPSA) is 113 Å². The highest BCUT2D eigenvalue weighted by molar-refractivity contribution is 5.87. The second kappa shape index (κ2) is 7.73. The van der Waals surface area contributed by atoms with Crippen molar-refractivity contribution in [1.29, 1.82) is 0 Å². The van der Waals surface area contributed by atoms with Crippen LogP contribution in [0.5, 0.6) is 0 Å². The summed E-state index contributed by atoms with van der Waals surface area (Å²) >= 11 is 0. The normalized spacial score (nSPS) is 11.0. The Bertz CT molecular complexity index is 1230. The predicted molar refractivity (Wildman–Crippen MR) is 107 cm³/mol. The van der Waals surface area contributed by atoms with Crippen molar-refractivity contribution in [3.8, 4) is 16.9 Å². The zero-order chi connectivity index (χ0) is 20.2. The molecule has 2 aromatic heterocycles. The van der Waals surface area contributed by atoms with Crippen LogP contribution in [0.4, 0.5) is 11.4 Å². The average Bonchev–Trinajstić information content (AvgIpc) is 3.10. The van der Waals surface area contributed by atoms with Crippen LogP contribution in [0.3, 0.4) is 0 Å². The molecule has 0 bridgehead atoms. The smallest absolute Gasteiger partial charge is 0.335 e. The van der Waals surface area contributed by atoms with Crippen LogP contribution in [0.1, 0.15) is 10.4 Å². The Labute approximate surface area is 164 Å². The van der Waals surface area contributed by atoms with Gasteiger partial charge in [0.1, 0.15) is 0 Å². The zero-order valence-electron chi connectivity index (χ0n) is 15.1. The van der Waals surface area contributed by atoms with Crippen LogP contribution in [0.15, 0.2) is 94.1 Å². The van der Waals surface area contributed by atoms with Crippen molar-refractivity contribution in [2.75, 3.05) is 0 Å². The molecule has 0 radical (unpaired) electrons. The van der Waals surface area contributed by atoms with Gasteiger partial charge in [0.05, 0.1) is 22.6 Å². The fraction of sp³-hybridized carbons (Fsp3) is 0. The van der Waals surface area contributed by atoms with Gasteiger partial charge in [-0.25, -0.2) is 9.48 Å². The van der Waals surface area contributed by atoms with Gasteiger partial charge >= 0.3 is 5.97 Å². The number of carboxylic acids is 1. The predicted octanol–water partition coefficient (Wildman–Crippen LogP) is 4.34. The number of hydrogen-bond donors (Lipinski definition) is 2. The maximum atomic E-state index is 13.0. The van der Waals surface area contributed by atoms with E-state index in [4.69, 9.17) is 5.11 Å². The molecular formula is C21H15N5O3. The van der Waals surface area contributed by atoms with Crippen LogP contribution in [-0.2, 0) is 0 Å². The average molecular weight is 385 g/mol. The number of aromatic nitrogens is 3. The maximum Gasteiger partial charge on any atom is 0.335 e. The molecule has 0 atom stereocenters. The summed E-state index contributed by atoms with van der Waals surface area (Å²) in [5, 5.41) is 20.4. The second-order valence-electron chi connectivity index (χ2n) is 6.10. The molecule has 4 rings (SSSR count). The molecule has 2 N–H and O–H groups in total. The molecule has 0 aliphatic heterocycles. The fourth-order valence-electron chi connectivity index (χ4n) is 2.78. The monoisotopic (exact) mass is 385 g/mol. The third-order valence-electron chi connectivity index (χ3n) is 4.23. The number of benzene rings is 2. The van der Waals surface area contributed by atoms with Crippen molar-refractivity contribution in [2.45, 2.75) is 0 Å². The standard InChI is InChI=1S/C21H15N5O3/c27-20-19(24-23-16-8-6-15(7-9-16)21(28)29)18(14-10-12-22-13-11-14)25-26(20)17-4-2-1-3-5-17/h1-13,25H,(H,28,29). The summed E-state index contributed by atoms with van der Waals surface area (Å²) < 4.78 is 1.40. The van der Waals surface area contributed by atoms with Gasteiger partial charge in [0.2, 0.25) is 0 Å². The minimum Gasteiger partial charge on any atom is -0.478 e. The number of rotatable bonds is 5. The van der Waals surface area contributed by atoms with Gasteiger partial charge < -0.3 is 5.11 Å². The number of para-hydroxylation sites is 1. The van der Waals surface area contributed by atoms with Crippen LogP contribution in [-0.4, -0.2) is 25.8 Å². The van der Waals surface area contributed by atoms with Crippen LogP contribution < -0.4 is 5.56 Å². The van der Waals surface area contributed by atoms with E-state index in [0.29, 0.717) is 17.1 Å². The molecule has 0 saturated heterocycles. The van der Waals surface area contributed by atoms with Crippen molar-refractivity contribution in [2.24, 2.45) is 10.2 Å². The van der Waals surface area contributed by atoms with Gasteiger partial charge in [-0.3, -0.25) is 14.9 Å². The lowest BCUT2D eigenvalue weighted by Crippen LogP contribution is -2.13. The summed E-state index contributed by atoms with van der Waals surface area (Å²) in [5.41, 5.74) is 2.28. The van der Waals surface area contributed by atoms with E-state index in [2.05, 4.69) is 20.3 Å². The molecule has 0 aliphatic rings. The number of carbonyl (C=O) groups is 1. The molecule has 0 amide bonds. The summed E-state index contributed by atoms with van der Waals surface area (Å²) in [5.74, 6) is -1.02. The molecule has 2 heterocycles. The summed E-state index contributed by atoms with van der Waals surface area (Å²) in [6.07, 6.45) is 3.25. The number of aromatic carboxylic acids is 1. The molecule has 142 valence electrons. The van der Waals surface area contributed by atoms with Gasteiger partial charge in [0.25, 0.3) is 5.56 Å². The van der Waals surface area contributed by atoms with Gasteiger partial charge in [0, 0.05) is 18.0 Å². The molecule has 0 unspecified atom stereocenters. The van der Waals surface area contributed by atoms with E-state index in [-0.39, 0.29) is 16.8 Å². The lowest BCUT2D eigenvalue weighted by molar-refractivity contribution is 0.0697. The molecule has 8 nitrogen and oxygen atoms in total. The number of pyridine rings is 1. The Hall–Kier alpha value is -4.33. The number of hydrogen-bond acceptors (Lipinski definition) is 5. The maximum absolute atomic E-state index is 13.0. The van der Waals surface area contributed by atoms with Crippen molar-refractivity contribution in [3.05, 3.63) is 95.0 Å². The number of H-pyrrole nitrogens is 1. The Morgan fingerprint density at radius 2 is 1.62 bits per heavy atom. The lowest BCUT2D eigenvalue weighted by atomic mass is 10.2. The van der Waals surface area contributed by atoms with Crippen molar-refractivity contribution in [1.82, 2.24) is 14.8 Å². The molecule has 29 heavy (non-hydrogen) atoms. The van der Waals surface area contributed by atoms with E-state index in [0.717, 1.165) is 5.56 Å².